The van der Waals surface area contributed by atoms with Crippen LogP contribution < -0.4 is 10.6 Å². The zero-order chi connectivity index (χ0) is 22.2. The Morgan fingerprint density at radius 3 is 2.78 bits per heavy atom. The van der Waals surface area contributed by atoms with Crippen molar-refractivity contribution in [3.63, 3.8) is 0 Å². The highest BCUT2D eigenvalue weighted by Gasteiger charge is 2.08. The van der Waals surface area contributed by atoms with E-state index in [1.807, 2.05) is 42.0 Å². The summed E-state index contributed by atoms with van der Waals surface area (Å²) >= 11 is 1.71. The number of anilines is 1. The minimum absolute atomic E-state index is 0.0355. The first kappa shape index (κ1) is 21.8. The first-order valence-electron chi connectivity index (χ1n) is 10.8. The Hall–Kier alpha value is -3.45. The van der Waals surface area contributed by atoms with Crippen LogP contribution in [0.1, 0.15) is 34.5 Å². The van der Waals surface area contributed by atoms with Gasteiger partial charge in [-0.15, -0.1) is 11.3 Å². The fourth-order valence-corrected chi connectivity index (χ4v) is 4.33. The Bertz CT molecular complexity index is 1180. The largest absolute Gasteiger partial charge is 0.352 e. The molecular weight excluding hydrogens is 420 g/mol. The van der Waals surface area contributed by atoms with E-state index < -0.39 is 0 Å². The van der Waals surface area contributed by atoms with Crippen molar-refractivity contribution in [1.82, 2.24) is 14.9 Å². The second-order valence-electron chi connectivity index (χ2n) is 7.60. The predicted molar refractivity (Wildman–Crippen MR) is 129 cm³/mol. The zero-order valence-electron chi connectivity index (χ0n) is 17.8. The van der Waals surface area contributed by atoms with Crippen molar-refractivity contribution in [3.8, 4) is 0 Å². The van der Waals surface area contributed by atoms with Gasteiger partial charge < -0.3 is 15.2 Å². The van der Waals surface area contributed by atoms with Crippen molar-refractivity contribution in [3.05, 3.63) is 82.8 Å². The van der Waals surface area contributed by atoms with Crippen LogP contribution in [-0.4, -0.2) is 27.9 Å². The number of nitrogens with zero attached hydrogens (tertiary/aromatic N) is 2. The summed E-state index contributed by atoms with van der Waals surface area (Å²) in [5.74, 6) is -0.180. The van der Waals surface area contributed by atoms with Gasteiger partial charge in [0.2, 0.25) is 5.91 Å². The van der Waals surface area contributed by atoms with Crippen LogP contribution in [0.4, 0.5) is 5.69 Å². The van der Waals surface area contributed by atoms with E-state index in [0.717, 1.165) is 36.8 Å². The summed E-state index contributed by atoms with van der Waals surface area (Å²) in [5.41, 5.74) is 3.25. The van der Waals surface area contributed by atoms with E-state index >= 15 is 0 Å². The maximum absolute atomic E-state index is 12.5. The van der Waals surface area contributed by atoms with Crippen molar-refractivity contribution in [2.45, 2.75) is 32.2 Å². The molecule has 2 N–H and O–H groups in total. The number of benzene rings is 2. The number of aromatic nitrogens is 2. The van der Waals surface area contributed by atoms with Crippen molar-refractivity contribution < 1.29 is 9.59 Å². The van der Waals surface area contributed by atoms with Gasteiger partial charge in [-0.2, -0.15) is 0 Å². The van der Waals surface area contributed by atoms with E-state index in [1.165, 1.54) is 4.88 Å². The minimum Gasteiger partial charge on any atom is -0.352 e. The molecule has 0 spiro atoms. The van der Waals surface area contributed by atoms with Crippen molar-refractivity contribution in [2.75, 3.05) is 11.9 Å². The van der Waals surface area contributed by atoms with E-state index in [2.05, 4.69) is 26.3 Å². The van der Waals surface area contributed by atoms with Crippen LogP contribution in [0.2, 0.25) is 0 Å². The van der Waals surface area contributed by atoms with Gasteiger partial charge in [0.1, 0.15) is 0 Å². The molecule has 0 saturated carbocycles. The number of hydrogen-bond donors (Lipinski definition) is 2. The minimum atomic E-state index is -0.144. The van der Waals surface area contributed by atoms with Gasteiger partial charge in [-0.1, -0.05) is 24.3 Å². The number of carbonyl (C=O) groups excluding carboxylic acids is 2. The number of aryl methyl sites for hydroxylation is 2. The quantitative estimate of drug-likeness (QED) is 0.341. The molecule has 0 aliphatic carbocycles. The van der Waals surface area contributed by atoms with Crippen molar-refractivity contribution >= 4 is 39.9 Å². The SMILES string of the molecule is O=C(CCCc1cccs1)Nc1cccc(C(=O)NCCCn2cnc3ccccc32)c1. The van der Waals surface area contributed by atoms with Gasteiger partial charge in [-0.05, 0) is 61.0 Å². The lowest BCUT2D eigenvalue weighted by Gasteiger charge is -2.09. The number of rotatable bonds is 10. The maximum atomic E-state index is 12.5. The molecule has 0 saturated heterocycles. The highest BCUT2D eigenvalue weighted by atomic mass is 32.1. The summed E-state index contributed by atoms with van der Waals surface area (Å²) in [5, 5.41) is 7.90. The third-order valence-electron chi connectivity index (χ3n) is 5.20. The summed E-state index contributed by atoms with van der Waals surface area (Å²) in [4.78, 5) is 30.4. The monoisotopic (exact) mass is 446 g/mol. The number of fused-ring (bicyclic) bond motifs is 1. The van der Waals surface area contributed by atoms with Gasteiger partial charge in [0.15, 0.2) is 0 Å². The normalized spacial score (nSPS) is 10.9. The number of imidazole rings is 1. The summed E-state index contributed by atoms with van der Waals surface area (Å²) in [6.45, 7) is 1.34. The first-order valence-corrected chi connectivity index (χ1v) is 11.7. The molecule has 32 heavy (non-hydrogen) atoms. The van der Waals surface area contributed by atoms with Crippen LogP contribution in [0.15, 0.2) is 72.4 Å². The maximum Gasteiger partial charge on any atom is 0.251 e. The summed E-state index contributed by atoms with van der Waals surface area (Å²) < 4.78 is 2.09. The predicted octanol–water partition coefficient (Wildman–Crippen LogP) is 4.88. The number of thiophene rings is 1. The van der Waals surface area contributed by atoms with Gasteiger partial charge in [0.25, 0.3) is 5.91 Å². The Balaban J connectivity index is 1.21. The molecule has 7 heteroatoms. The van der Waals surface area contributed by atoms with Crippen LogP contribution in [0.3, 0.4) is 0 Å². The number of carbonyl (C=O) groups is 2. The Morgan fingerprint density at radius 1 is 1.00 bits per heavy atom. The third-order valence-corrected chi connectivity index (χ3v) is 6.14. The second kappa shape index (κ2) is 10.7. The van der Waals surface area contributed by atoms with Crippen LogP contribution in [0.5, 0.6) is 0 Å². The van der Waals surface area contributed by atoms with E-state index in [-0.39, 0.29) is 11.8 Å². The lowest BCUT2D eigenvalue weighted by atomic mass is 10.1. The summed E-state index contributed by atoms with van der Waals surface area (Å²) in [6.07, 6.45) is 4.80. The standard InChI is InChI=1S/C25H26N4O2S/c30-24(13-4-9-21-10-5-16-32-21)28-20-8-3-7-19(17-20)25(31)26-14-6-15-29-18-27-22-11-1-2-12-23(22)29/h1-3,5,7-8,10-12,16-18H,4,6,9,13-15H2,(H,26,31)(H,28,30). The third kappa shape index (κ3) is 5.82. The average Bonchev–Trinajstić information content (AvgIpc) is 3.47. The lowest BCUT2D eigenvalue weighted by molar-refractivity contribution is -0.116. The second-order valence-corrected chi connectivity index (χ2v) is 8.63. The van der Waals surface area contributed by atoms with E-state index in [0.29, 0.717) is 24.2 Å². The van der Waals surface area contributed by atoms with E-state index in [4.69, 9.17) is 0 Å². The molecule has 0 radical (unpaired) electrons. The van der Waals surface area contributed by atoms with E-state index in [1.54, 1.807) is 35.6 Å². The molecule has 164 valence electrons. The number of para-hydroxylation sites is 2. The Morgan fingerprint density at radius 2 is 1.91 bits per heavy atom. The van der Waals surface area contributed by atoms with Gasteiger partial charge in [0.05, 0.1) is 17.4 Å². The molecule has 0 unspecified atom stereocenters. The molecule has 2 aromatic heterocycles. The number of hydrogen-bond acceptors (Lipinski definition) is 4. The molecule has 0 fully saturated rings. The lowest BCUT2D eigenvalue weighted by Crippen LogP contribution is -2.25. The van der Waals surface area contributed by atoms with Crippen LogP contribution >= 0.6 is 11.3 Å². The summed E-state index contributed by atoms with van der Waals surface area (Å²) in [6, 6.07) is 19.2. The average molecular weight is 447 g/mol. The summed E-state index contributed by atoms with van der Waals surface area (Å²) in [7, 11) is 0. The molecule has 6 nitrogen and oxygen atoms in total. The van der Waals surface area contributed by atoms with Gasteiger partial charge in [0, 0.05) is 35.6 Å². The Kier molecular flexibility index (Phi) is 7.30. The molecule has 0 atom stereocenters. The van der Waals surface area contributed by atoms with Gasteiger partial charge in [-0.3, -0.25) is 9.59 Å². The first-order chi connectivity index (χ1) is 15.7. The topological polar surface area (TPSA) is 76.0 Å². The van der Waals surface area contributed by atoms with Crippen LogP contribution in [-0.2, 0) is 17.8 Å². The van der Waals surface area contributed by atoms with Crippen LogP contribution in [0, 0.1) is 0 Å². The molecule has 2 aromatic carbocycles. The van der Waals surface area contributed by atoms with Crippen LogP contribution in [0.25, 0.3) is 11.0 Å². The smallest absolute Gasteiger partial charge is 0.251 e. The molecule has 0 aliphatic heterocycles. The van der Waals surface area contributed by atoms with Crippen molar-refractivity contribution in [2.24, 2.45) is 0 Å². The molecule has 4 aromatic rings. The van der Waals surface area contributed by atoms with Crippen molar-refractivity contribution in [1.29, 1.82) is 0 Å². The number of nitrogens with one attached hydrogen (secondary N) is 2. The molecule has 0 aliphatic rings. The molecule has 2 amide bonds. The zero-order valence-corrected chi connectivity index (χ0v) is 18.6. The number of amides is 2. The fourth-order valence-electron chi connectivity index (χ4n) is 3.58. The highest BCUT2D eigenvalue weighted by molar-refractivity contribution is 7.09. The molecule has 4 rings (SSSR count). The van der Waals surface area contributed by atoms with E-state index in [9.17, 15) is 9.59 Å². The highest BCUT2D eigenvalue weighted by Crippen LogP contribution is 2.15. The van der Waals surface area contributed by atoms with Gasteiger partial charge >= 0.3 is 0 Å². The fraction of sp³-hybridized carbons (Fsp3) is 0.240. The molecular formula is C25H26N4O2S. The van der Waals surface area contributed by atoms with Gasteiger partial charge in [-0.25, -0.2) is 4.98 Å². The molecule has 2 heterocycles. The molecule has 0 bridgehead atoms. The Labute approximate surface area is 191 Å².